The number of nitrogens with zero attached hydrogens (tertiary/aromatic N) is 1. The summed E-state index contributed by atoms with van der Waals surface area (Å²) in [6.07, 6.45) is 2.92. The van der Waals surface area contributed by atoms with Gasteiger partial charge in [0.2, 0.25) is 5.91 Å². The van der Waals surface area contributed by atoms with Crippen molar-refractivity contribution in [1.82, 2.24) is 4.98 Å². The van der Waals surface area contributed by atoms with Gasteiger partial charge in [-0.1, -0.05) is 0 Å². The van der Waals surface area contributed by atoms with E-state index < -0.39 is 11.6 Å². The second-order valence-corrected chi connectivity index (χ2v) is 6.90. The molecule has 0 bridgehead atoms. The second-order valence-electron chi connectivity index (χ2n) is 6.90. The minimum atomic E-state index is -0.707. The lowest BCUT2D eigenvalue weighted by atomic mass is 10.0. The molecule has 8 heteroatoms. The molecule has 3 aromatic carbocycles. The number of anilines is 4. The summed E-state index contributed by atoms with van der Waals surface area (Å²) in [6, 6.07) is 13.7. The Hall–Kier alpha value is -4.20. The Balaban J connectivity index is 1.71. The summed E-state index contributed by atoms with van der Waals surface area (Å²) < 4.78 is 33.0. The predicted molar refractivity (Wildman–Crippen MR) is 116 cm³/mol. The van der Waals surface area contributed by atoms with E-state index in [2.05, 4.69) is 15.6 Å². The highest BCUT2D eigenvalue weighted by Gasteiger charge is 2.12. The Kier molecular flexibility index (Phi) is 5.36. The monoisotopic (exact) mass is 420 g/mol. The smallest absolute Gasteiger partial charge is 0.221 e. The van der Waals surface area contributed by atoms with Crippen LogP contribution in [0.15, 0.2) is 71.6 Å². The van der Waals surface area contributed by atoms with Crippen LogP contribution in [0.4, 0.5) is 31.5 Å². The first-order chi connectivity index (χ1) is 14.9. The molecule has 0 atom stereocenters. The third-order valence-corrected chi connectivity index (χ3v) is 4.54. The molecule has 0 saturated heterocycles. The Morgan fingerprint density at radius 3 is 2.48 bits per heavy atom. The zero-order chi connectivity index (χ0) is 22.0. The number of hydrogen-bond donors (Lipinski definition) is 3. The summed E-state index contributed by atoms with van der Waals surface area (Å²) in [5.41, 5.74) is 9.68. The number of benzene rings is 3. The van der Waals surface area contributed by atoms with Crippen molar-refractivity contribution < 1.29 is 18.0 Å². The van der Waals surface area contributed by atoms with E-state index >= 15 is 0 Å². The summed E-state index contributed by atoms with van der Waals surface area (Å²) in [7, 11) is 0. The molecule has 1 aromatic heterocycles. The molecule has 0 radical (unpaired) electrons. The highest BCUT2D eigenvalue weighted by Crippen LogP contribution is 2.33. The molecule has 0 saturated carbocycles. The maximum Gasteiger partial charge on any atom is 0.221 e. The largest absolute Gasteiger partial charge is 0.444 e. The molecule has 0 aliphatic rings. The number of halogens is 2. The first kappa shape index (κ1) is 20.1. The molecular formula is C23H18F2N4O2. The van der Waals surface area contributed by atoms with Gasteiger partial charge in [0.25, 0.3) is 0 Å². The summed E-state index contributed by atoms with van der Waals surface area (Å²) in [5.74, 6) is -1.07. The zero-order valence-corrected chi connectivity index (χ0v) is 16.4. The number of rotatable bonds is 5. The molecule has 0 fully saturated rings. The minimum absolute atomic E-state index is 0.199. The number of amides is 1. The van der Waals surface area contributed by atoms with E-state index in [1.54, 1.807) is 36.5 Å². The minimum Gasteiger partial charge on any atom is -0.444 e. The number of aromatic nitrogens is 1. The molecule has 1 amide bonds. The highest BCUT2D eigenvalue weighted by atomic mass is 19.1. The molecule has 4 aromatic rings. The molecular weight excluding hydrogens is 402 g/mol. The number of nitrogens with two attached hydrogens (primary N) is 1. The van der Waals surface area contributed by atoms with E-state index in [0.717, 1.165) is 11.6 Å². The van der Waals surface area contributed by atoms with Crippen LogP contribution in [0.1, 0.15) is 6.92 Å². The van der Waals surface area contributed by atoms with E-state index in [-0.39, 0.29) is 11.5 Å². The lowest BCUT2D eigenvalue weighted by Crippen LogP contribution is -2.06. The first-order valence-corrected chi connectivity index (χ1v) is 9.32. The van der Waals surface area contributed by atoms with E-state index in [1.807, 2.05) is 6.07 Å². The molecule has 4 N–H and O–H groups in total. The fraction of sp³-hybridized carbons (Fsp3) is 0.0435. The standard InChI is InChI=1S/C23H18F2N4O2/c1-13(30)28-17-6-15(19-4-3-16(24)9-20(19)25)7-18(10-17)29-22-5-2-14(8-21(22)26)23-11-27-12-31-23/h2-12,29H,26H2,1H3,(H,28,30). The summed E-state index contributed by atoms with van der Waals surface area (Å²) >= 11 is 0. The predicted octanol–water partition coefficient (Wildman–Crippen LogP) is 5.57. The quantitative estimate of drug-likeness (QED) is 0.367. The number of oxazole rings is 1. The number of carbonyl (C=O) groups is 1. The Morgan fingerprint density at radius 1 is 1.00 bits per heavy atom. The second kappa shape index (κ2) is 8.27. The van der Waals surface area contributed by atoms with Gasteiger partial charge in [-0.15, -0.1) is 0 Å². The number of nitrogens with one attached hydrogen (secondary N) is 2. The molecule has 0 aliphatic carbocycles. The van der Waals surface area contributed by atoms with Crippen molar-refractivity contribution in [2.45, 2.75) is 6.92 Å². The summed E-state index contributed by atoms with van der Waals surface area (Å²) in [4.78, 5) is 15.4. The number of hydrogen-bond acceptors (Lipinski definition) is 5. The summed E-state index contributed by atoms with van der Waals surface area (Å²) in [5, 5.41) is 5.87. The lowest BCUT2D eigenvalue weighted by Gasteiger charge is -2.14. The maximum atomic E-state index is 14.4. The third-order valence-electron chi connectivity index (χ3n) is 4.54. The van der Waals surface area contributed by atoms with Gasteiger partial charge >= 0.3 is 0 Å². The van der Waals surface area contributed by atoms with Crippen molar-refractivity contribution in [2.24, 2.45) is 0 Å². The first-order valence-electron chi connectivity index (χ1n) is 9.32. The molecule has 1 heterocycles. The van der Waals surface area contributed by atoms with Crippen molar-refractivity contribution in [3.05, 3.63) is 78.8 Å². The van der Waals surface area contributed by atoms with Crippen LogP contribution in [-0.2, 0) is 4.79 Å². The SMILES string of the molecule is CC(=O)Nc1cc(Nc2ccc(-c3cnco3)cc2N)cc(-c2ccc(F)cc2F)c1. The van der Waals surface area contributed by atoms with E-state index in [9.17, 15) is 13.6 Å². The van der Waals surface area contributed by atoms with Gasteiger partial charge in [0.05, 0.1) is 17.6 Å². The molecule has 4 rings (SSSR count). The maximum absolute atomic E-state index is 14.4. The van der Waals surface area contributed by atoms with Gasteiger partial charge in [-0.3, -0.25) is 4.79 Å². The van der Waals surface area contributed by atoms with E-state index in [1.165, 1.54) is 25.5 Å². The highest BCUT2D eigenvalue weighted by molar-refractivity contribution is 5.91. The molecule has 0 spiro atoms. The van der Waals surface area contributed by atoms with Crippen LogP contribution in [0.25, 0.3) is 22.5 Å². The van der Waals surface area contributed by atoms with E-state index in [4.69, 9.17) is 10.2 Å². The van der Waals surface area contributed by atoms with Crippen molar-refractivity contribution in [3.8, 4) is 22.5 Å². The lowest BCUT2D eigenvalue weighted by molar-refractivity contribution is -0.114. The van der Waals surface area contributed by atoms with Gasteiger partial charge in [-0.05, 0) is 54.1 Å². The average molecular weight is 420 g/mol. The Labute approximate surface area is 176 Å². The Morgan fingerprint density at radius 2 is 1.81 bits per heavy atom. The number of nitrogen functional groups attached to an aromatic ring is 1. The van der Waals surface area contributed by atoms with Crippen molar-refractivity contribution in [1.29, 1.82) is 0 Å². The van der Waals surface area contributed by atoms with Gasteiger partial charge in [-0.25, -0.2) is 13.8 Å². The average Bonchev–Trinajstić information content (AvgIpc) is 3.23. The van der Waals surface area contributed by atoms with Gasteiger partial charge < -0.3 is 20.8 Å². The van der Waals surface area contributed by atoms with Gasteiger partial charge in [0, 0.05) is 35.5 Å². The number of carbonyl (C=O) groups excluding carboxylic acids is 1. The van der Waals surface area contributed by atoms with Crippen LogP contribution >= 0.6 is 0 Å². The molecule has 0 unspecified atom stereocenters. The van der Waals surface area contributed by atoms with Crippen LogP contribution in [0.5, 0.6) is 0 Å². The zero-order valence-electron chi connectivity index (χ0n) is 16.4. The molecule has 6 nitrogen and oxygen atoms in total. The third kappa shape index (κ3) is 4.53. The van der Waals surface area contributed by atoms with Gasteiger partial charge in [0.15, 0.2) is 12.2 Å². The van der Waals surface area contributed by atoms with Gasteiger partial charge in [0.1, 0.15) is 11.6 Å². The van der Waals surface area contributed by atoms with Crippen LogP contribution < -0.4 is 16.4 Å². The van der Waals surface area contributed by atoms with Crippen molar-refractivity contribution in [3.63, 3.8) is 0 Å². The van der Waals surface area contributed by atoms with Crippen molar-refractivity contribution in [2.75, 3.05) is 16.4 Å². The fourth-order valence-electron chi connectivity index (χ4n) is 3.20. The topological polar surface area (TPSA) is 93.2 Å². The van der Waals surface area contributed by atoms with Crippen molar-refractivity contribution >= 4 is 28.7 Å². The van der Waals surface area contributed by atoms with Crippen LogP contribution in [0.2, 0.25) is 0 Å². The molecule has 31 heavy (non-hydrogen) atoms. The fourth-order valence-corrected chi connectivity index (χ4v) is 3.20. The van der Waals surface area contributed by atoms with Gasteiger partial charge in [-0.2, -0.15) is 0 Å². The van der Waals surface area contributed by atoms with Crippen LogP contribution in [0, 0.1) is 11.6 Å². The molecule has 156 valence electrons. The van der Waals surface area contributed by atoms with Crippen LogP contribution in [0.3, 0.4) is 0 Å². The van der Waals surface area contributed by atoms with E-state index in [0.29, 0.717) is 34.1 Å². The normalized spacial score (nSPS) is 10.7. The van der Waals surface area contributed by atoms with Crippen LogP contribution in [-0.4, -0.2) is 10.9 Å². The Bertz CT molecular complexity index is 1260. The summed E-state index contributed by atoms with van der Waals surface area (Å²) in [6.45, 7) is 1.37. The molecule has 0 aliphatic heterocycles.